The maximum atomic E-state index is 11.6. The Bertz CT molecular complexity index is 432. The number of para-hydroxylation sites is 1. The number of carbonyl (C=O) groups excluding carboxylic acids is 2. The van der Waals surface area contributed by atoms with Crippen molar-refractivity contribution < 1.29 is 14.3 Å². The highest BCUT2D eigenvalue weighted by molar-refractivity contribution is 6.35. The van der Waals surface area contributed by atoms with Crippen molar-refractivity contribution in [1.29, 1.82) is 0 Å². The molecule has 1 aliphatic rings. The Morgan fingerprint density at radius 2 is 2.00 bits per heavy atom. The fourth-order valence-electron chi connectivity index (χ4n) is 1.38. The molecule has 0 radical (unpaired) electrons. The number of rotatable bonds is 1. The van der Waals surface area contributed by atoms with E-state index in [-0.39, 0.29) is 0 Å². The minimum Gasteiger partial charge on any atom is -0.436 e. The number of benzene rings is 1. The van der Waals surface area contributed by atoms with Gasteiger partial charge >= 0.3 is 6.09 Å². The second-order valence-corrected chi connectivity index (χ2v) is 3.56. The number of ether oxygens (including phenoxy) is 1. The van der Waals surface area contributed by atoms with Crippen LogP contribution in [0.3, 0.4) is 0 Å². The first-order valence-corrected chi connectivity index (χ1v) is 4.78. The van der Waals surface area contributed by atoms with Crippen LogP contribution in [-0.2, 0) is 9.53 Å². The monoisotopic (exact) mass is 225 g/mol. The number of halogens is 1. The second kappa shape index (κ2) is 3.55. The van der Waals surface area contributed by atoms with Gasteiger partial charge in [-0.2, -0.15) is 0 Å². The van der Waals surface area contributed by atoms with Crippen molar-refractivity contribution in [1.82, 2.24) is 0 Å². The van der Waals surface area contributed by atoms with Gasteiger partial charge in [-0.3, -0.25) is 4.79 Å². The third kappa shape index (κ3) is 1.57. The van der Waals surface area contributed by atoms with Crippen LogP contribution in [0.5, 0.6) is 0 Å². The molecule has 2 amide bonds. The van der Waals surface area contributed by atoms with E-state index in [1.807, 2.05) is 0 Å². The predicted octanol–water partition coefficient (Wildman–Crippen LogP) is 2.21. The fraction of sp³-hybridized carbons (Fsp3) is 0.200. The van der Waals surface area contributed by atoms with E-state index in [1.165, 1.54) is 6.92 Å². The molecular formula is C10H8ClNO3. The maximum absolute atomic E-state index is 11.6. The molecule has 1 aromatic carbocycles. The number of imide groups is 1. The van der Waals surface area contributed by atoms with Crippen molar-refractivity contribution in [2.45, 2.75) is 13.0 Å². The van der Waals surface area contributed by atoms with Gasteiger partial charge in [-0.15, -0.1) is 0 Å². The molecule has 15 heavy (non-hydrogen) atoms. The summed E-state index contributed by atoms with van der Waals surface area (Å²) in [6.07, 6.45) is -1.42. The third-order valence-electron chi connectivity index (χ3n) is 2.12. The summed E-state index contributed by atoms with van der Waals surface area (Å²) >= 11 is 5.88. The molecule has 2 rings (SSSR count). The van der Waals surface area contributed by atoms with Crippen LogP contribution in [0.15, 0.2) is 24.3 Å². The molecule has 0 aromatic heterocycles. The molecular weight excluding hydrogens is 218 g/mol. The van der Waals surface area contributed by atoms with E-state index >= 15 is 0 Å². The van der Waals surface area contributed by atoms with Crippen molar-refractivity contribution >= 4 is 29.3 Å². The molecule has 1 fully saturated rings. The summed E-state index contributed by atoms with van der Waals surface area (Å²) in [7, 11) is 0. The number of nitrogens with zero attached hydrogens (tertiary/aromatic N) is 1. The predicted molar refractivity (Wildman–Crippen MR) is 54.9 cm³/mol. The molecule has 1 heterocycles. The number of anilines is 1. The summed E-state index contributed by atoms with van der Waals surface area (Å²) in [5, 5.41) is 0.344. The van der Waals surface area contributed by atoms with Crippen LogP contribution < -0.4 is 4.90 Å². The largest absolute Gasteiger partial charge is 0.436 e. The molecule has 0 spiro atoms. The summed E-state index contributed by atoms with van der Waals surface area (Å²) in [6.45, 7) is 1.52. The van der Waals surface area contributed by atoms with Crippen LogP contribution in [0, 0.1) is 0 Å². The molecule has 0 N–H and O–H groups in total. The van der Waals surface area contributed by atoms with Crippen molar-refractivity contribution in [3.63, 3.8) is 0 Å². The summed E-state index contributed by atoms with van der Waals surface area (Å²) in [5.41, 5.74) is 0.360. The molecule has 0 bridgehead atoms. The first-order chi connectivity index (χ1) is 7.11. The molecule has 0 unspecified atom stereocenters. The van der Waals surface area contributed by atoms with Crippen molar-refractivity contribution in [2.24, 2.45) is 0 Å². The van der Waals surface area contributed by atoms with Crippen LogP contribution in [0.25, 0.3) is 0 Å². The van der Waals surface area contributed by atoms with Gasteiger partial charge in [0.1, 0.15) is 0 Å². The highest BCUT2D eigenvalue weighted by Crippen LogP contribution is 2.29. The van der Waals surface area contributed by atoms with Crippen molar-refractivity contribution in [3.8, 4) is 0 Å². The number of amides is 2. The van der Waals surface area contributed by atoms with Crippen molar-refractivity contribution in [3.05, 3.63) is 29.3 Å². The zero-order valence-corrected chi connectivity index (χ0v) is 8.69. The minimum absolute atomic E-state index is 0.344. The lowest BCUT2D eigenvalue weighted by Gasteiger charge is -2.11. The number of hydrogen-bond donors (Lipinski definition) is 0. The van der Waals surface area contributed by atoms with Gasteiger partial charge in [-0.05, 0) is 19.1 Å². The van der Waals surface area contributed by atoms with Crippen molar-refractivity contribution in [2.75, 3.05) is 4.90 Å². The van der Waals surface area contributed by atoms with E-state index in [0.717, 1.165) is 4.90 Å². The highest BCUT2D eigenvalue weighted by Gasteiger charge is 2.39. The van der Waals surface area contributed by atoms with Crippen LogP contribution in [0.1, 0.15) is 6.92 Å². The van der Waals surface area contributed by atoms with Gasteiger partial charge in [0, 0.05) is 0 Å². The lowest BCUT2D eigenvalue weighted by atomic mass is 10.3. The van der Waals surface area contributed by atoms with E-state index in [1.54, 1.807) is 24.3 Å². The molecule has 5 heteroatoms. The Morgan fingerprint density at radius 1 is 1.33 bits per heavy atom. The smallest absolute Gasteiger partial charge is 0.422 e. The molecule has 0 saturated carbocycles. The number of cyclic esters (lactones) is 1. The Labute approximate surface area is 91.4 Å². The number of hydrogen-bond acceptors (Lipinski definition) is 3. The van der Waals surface area contributed by atoms with E-state index in [2.05, 4.69) is 0 Å². The van der Waals surface area contributed by atoms with Crippen LogP contribution in [0.4, 0.5) is 10.5 Å². The van der Waals surface area contributed by atoms with E-state index in [0.29, 0.717) is 10.7 Å². The zero-order chi connectivity index (χ0) is 11.0. The lowest BCUT2D eigenvalue weighted by Crippen LogP contribution is -2.30. The van der Waals surface area contributed by atoms with Gasteiger partial charge in [0.15, 0.2) is 6.10 Å². The minimum atomic E-state index is -0.742. The zero-order valence-electron chi connectivity index (χ0n) is 7.94. The first kappa shape index (κ1) is 9.98. The summed E-state index contributed by atoms with van der Waals surface area (Å²) in [5.74, 6) is -0.395. The van der Waals surface area contributed by atoms with Gasteiger partial charge in [0.2, 0.25) is 0 Å². The standard InChI is InChI=1S/C10H8ClNO3/c1-6-9(13)12(10(14)15-6)8-5-3-2-4-7(8)11/h2-6H,1H3/t6-/m0/s1. The molecule has 1 aromatic rings. The quantitative estimate of drug-likeness (QED) is 0.736. The molecule has 4 nitrogen and oxygen atoms in total. The van der Waals surface area contributed by atoms with E-state index in [9.17, 15) is 9.59 Å². The summed E-state index contributed by atoms with van der Waals surface area (Å²) in [4.78, 5) is 23.9. The maximum Gasteiger partial charge on any atom is 0.422 e. The molecule has 1 saturated heterocycles. The average Bonchev–Trinajstić information content (AvgIpc) is 2.43. The molecule has 78 valence electrons. The Hall–Kier alpha value is -1.55. The Kier molecular flexibility index (Phi) is 2.36. The summed E-state index contributed by atoms with van der Waals surface area (Å²) in [6, 6.07) is 6.63. The van der Waals surface area contributed by atoms with Crippen LogP contribution in [0.2, 0.25) is 5.02 Å². The third-order valence-corrected chi connectivity index (χ3v) is 2.44. The van der Waals surface area contributed by atoms with E-state index in [4.69, 9.17) is 16.3 Å². The highest BCUT2D eigenvalue weighted by atomic mass is 35.5. The number of carbonyl (C=O) groups is 2. The Morgan fingerprint density at radius 3 is 2.53 bits per heavy atom. The van der Waals surface area contributed by atoms with Gasteiger partial charge in [-0.1, -0.05) is 23.7 Å². The summed E-state index contributed by atoms with van der Waals surface area (Å²) < 4.78 is 4.77. The van der Waals surface area contributed by atoms with Gasteiger partial charge in [-0.25, -0.2) is 9.69 Å². The average molecular weight is 226 g/mol. The van der Waals surface area contributed by atoms with Gasteiger partial charge < -0.3 is 4.74 Å². The van der Waals surface area contributed by atoms with E-state index < -0.39 is 18.1 Å². The second-order valence-electron chi connectivity index (χ2n) is 3.15. The SMILES string of the molecule is C[C@@H]1OC(=O)N(c2ccccc2Cl)C1=O. The van der Waals surface area contributed by atoms with Gasteiger partial charge in [0.05, 0.1) is 10.7 Å². The molecule has 1 atom stereocenters. The topological polar surface area (TPSA) is 46.6 Å². The van der Waals surface area contributed by atoms with Gasteiger partial charge in [0.25, 0.3) is 5.91 Å². The Balaban J connectivity index is 2.44. The normalized spacial score (nSPS) is 20.7. The lowest BCUT2D eigenvalue weighted by molar-refractivity contribution is -0.121. The van der Waals surface area contributed by atoms with Crippen LogP contribution in [-0.4, -0.2) is 18.1 Å². The van der Waals surface area contributed by atoms with Crippen LogP contribution >= 0.6 is 11.6 Å². The molecule has 1 aliphatic heterocycles. The molecule has 0 aliphatic carbocycles. The fourth-order valence-corrected chi connectivity index (χ4v) is 1.60. The first-order valence-electron chi connectivity index (χ1n) is 4.40.